The number of hydrogen-bond donors (Lipinski definition) is 0. The van der Waals surface area contributed by atoms with Gasteiger partial charge in [-0.1, -0.05) is 58.4 Å². The molecule has 0 saturated heterocycles. The maximum absolute atomic E-state index is 14.1. The van der Waals surface area contributed by atoms with Gasteiger partial charge in [-0.25, -0.2) is 9.36 Å². The quantitative estimate of drug-likeness (QED) is 0.187. The fourth-order valence-corrected chi connectivity index (χ4v) is 5.66. The lowest BCUT2D eigenvalue weighted by Gasteiger charge is -2.30. The van der Waals surface area contributed by atoms with Gasteiger partial charge in [0.1, 0.15) is 5.65 Å². The number of carbonyl (C=O) groups excluding carboxylic acids is 2. The number of carbonyl (C=O) groups is 2. The third-order valence-electron chi connectivity index (χ3n) is 7.44. The highest BCUT2D eigenvalue weighted by molar-refractivity contribution is 9.10. The van der Waals surface area contributed by atoms with E-state index in [1.54, 1.807) is 62.6 Å². The summed E-state index contributed by atoms with van der Waals surface area (Å²) in [6, 6.07) is 22.0. The summed E-state index contributed by atoms with van der Waals surface area (Å²) in [6.07, 6.45) is 2.70. The van der Waals surface area contributed by atoms with Gasteiger partial charge in [-0.05, 0) is 49.2 Å². The van der Waals surface area contributed by atoms with Gasteiger partial charge < -0.3 is 4.90 Å². The Morgan fingerprint density at radius 2 is 1.76 bits per heavy atom. The highest BCUT2D eigenvalue weighted by Gasteiger charge is 2.29. The predicted octanol–water partition coefficient (Wildman–Crippen LogP) is 5.79. The van der Waals surface area contributed by atoms with Gasteiger partial charge in [0.2, 0.25) is 5.69 Å². The first-order valence-electron chi connectivity index (χ1n) is 13.1. The number of halogens is 1. The molecule has 1 aliphatic rings. The van der Waals surface area contributed by atoms with E-state index in [4.69, 9.17) is 11.7 Å². The first-order valence-corrected chi connectivity index (χ1v) is 13.9. The SMILES string of the molecule is [C-]#[N+]c1cc(C(=O)N2CCc3c(n4ncc(Cc5ccccc5)c4n(-c4ccc(C(C)=O)cc4)c3=O)C2)ccc1Br. The number of fused-ring (bicyclic) bond motifs is 3. The third-order valence-corrected chi connectivity index (χ3v) is 8.11. The van der Waals surface area contributed by atoms with E-state index in [1.165, 1.54) is 6.92 Å². The summed E-state index contributed by atoms with van der Waals surface area (Å²) in [5.74, 6) is -0.255. The standard InChI is InChI=1S/C32H24BrN5O3/c1-20(39)22-8-11-25(12-9-22)37-30-24(16-21-6-4-3-5-7-21)18-35-38(30)29-19-36(15-14-26(29)32(37)41)31(40)23-10-13-27(33)28(17-23)34-2/h3-13,17-18H,14-16,19H2,1H3. The molecule has 1 aliphatic heterocycles. The van der Waals surface area contributed by atoms with Crippen LogP contribution in [-0.4, -0.2) is 37.3 Å². The molecule has 0 fully saturated rings. The zero-order valence-electron chi connectivity index (χ0n) is 22.2. The molecule has 0 saturated carbocycles. The number of ketones is 1. The van der Waals surface area contributed by atoms with Crippen molar-refractivity contribution in [3.05, 3.63) is 139 Å². The molecule has 0 radical (unpaired) electrons. The van der Waals surface area contributed by atoms with E-state index in [0.717, 1.165) is 11.1 Å². The summed E-state index contributed by atoms with van der Waals surface area (Å²) >= 11 is 3.35. The van der Waals surface area contributed by atoms with Crippen LogP contribution >= 0.6 is 15.9 Å². The average molecular weight is 606 g/mol. The Labute approximate surface area is 244 Å². The molecule has 2 aromatic heterocycles. The zero-order valence-corrected chi connectivity index (χ0v) is 23.8. The molecule has 0 atom stereocenters. The van der Waals surface area contributed by atoms with Crippen LogP contribution in [0.1, 0.15) is 50.0 Å². The minimum Gasteiger partial charge on any atom is -0.332 e. The lowest BCUT2D eigenvalue weighted by Crippen LogP contribution is -2.41. The highest BCUT2D eigenvalue weighted by atomic mass is 79.9. The smallest absolute Gasteiger partial charge is 0.261 e. The van der Waals surface area contributed by atoms with E-state index in [0.29, 0.717) is 63.3 Å². The highest BCUT2D eigenvalue weighted by Crippen LogP contribution is 2.29. The zero-order chi connectivity index (χ0) is 28.7. The van der Waals surface area contributed by atoms with E-state index in [1.807, 2.05) is 30.3 Å². The topological polar surface area (TPSA) is 81.0 Å². The molecule has 0 unspecified atom stereocenters. The molecule has 202 valence electrons. The molecular formula is C32H24BrN5O3. The van der Waals surface area contributed by atoms with Crippen molar-refractivity contribution in [2.24, 2.45) is 0 Å². The van der Waals surface area contributed by atoms with Crippen LogP contribution in [0.2, 0.25) is 0 Å². The first kappa shape index (κ1) is 26.4. The monoisotopic (exact) mass is 605 g/mol. The second-order valence-corrected chi connectivity index (χ2v) is 10.8. The average Bonchev–Trinajstić information content (AvgIpc) is 3.40. The molecular weight excluding hydrogens is 582 g/mol. The minimum absolute atomic E-state index is 0.0485. The molecule has 3 heterocycles. The minimum atomic E-state index is -0.207. The fraction of sp³-hybridized carbons (Fsp3) is 0.156. The van der Waals surface area contributed by atoms with Gasteiger partial charge in [0.05, 0.1) is 30.7 Å². The summed E-state index contributed by atoms with van der Waals surface area (Å²) in [5, 5.41) is 4.73. The molecule has 3 aromatic carbocycles. The number of aromatic nitrogens is 3. The van der Waals surface area contributed by atoms with Crippen LogP contribution in [-0.2, 0) is 19.4 Å². The summed E-state index contributed by atoms with van der Waals surface area (Å²) in [4.78, 5) is 44.7. The number of hydrogen-bond acceptors (Lipinski definition) is 4. The molecule has 41 heavy (non-hydrogen) atoms. The van der Waals surface area contributed by atoms with Crippen LogP contribution in [0.3, 0.4) is 0 Å². The van der Waals surface area contributed by atoms with Gasteiger partial charge >= 0.3 is 0 Å². The first-order chi connectivity index (χ1) is 19.9. The van der Waals surface area contributed by atoms with Gasteiger partial charge in [-0.15, -0.1) is 0 Å². The number of nitrogens with zero attached hydrogens (tertiary/aromatic N) is 5. The van der Waals surface area contributed by atoms with Gasteiger partial charge in [0.15, 0.2) is 5.78 Å². The fourth-order valence-electron chi connectivity index (χ4n) is 5.33. The van der Waals surface area contributed by atoms with Crippen LogP contribution in [0, 0.1) is 6.57 Å². The Balaban J connectivity index is 1.49. The normalized spacial score (nSPS) is 12.7. The number of rotatable bonds is 5. The summed E-state index contributed by atoms with van der Waals surface area (Å²) < 4.78 is 4.08. The van der Waals surface area contributed by atoms with Crippen molar-refractivity contribution in [2.45, 2.75) is 26.3 Å². The number of amides is 1. The van der Waals surface area contributed by atoms with E-state index in [-0.39, 0.29) is 23.8 Å². The molecule has 0 spiro atoms. The van der Waals surface area contributed by atoms with Gasteiger partial charge in [-0.2, -0.15) is 5.10 Å². The van der Waals surface area contributed by atoms with Crippen molar-refractivity contribution in [2.75, 3.05) is 6.54 Å². The molecule has 0 aliphatic carbocycles. The Morgan fingerprint density at radius 3 is 2.46 bits per heavy atom. The summed E-state index contributed by atoms with van der Waals surface area (Å²) in [7, 11) is 0. The molecule has 9 heteroatoms. The van der Waals surface area contributed by atoms with E-state index in [9.17, 15) is 14.4 Å². The largest absolute Gasteiger partial charge is 0.332 e. The summed E-state index contributed by atoms with van der Waals surface area (Å²) in [5.41, 5.74) is 5.67. The second kappa shape index (κ2) is 10.6. The maximum Gasteiger partial charge on any atom is 0.261 e. The van der Waals surface area contributed by atoms with Crippen molar-refractivity contribution >= 4 is 39.0 Å². The van der Waals surface area contributed by atoms with E-state index < -0.39 is 0 Å². The Bertz CT molecular complexity index is 1940. The summed E-state index contributed by atoms with van der Waals surface area (Å²) in [6.45, 7) is 9.47. The van der Waals surface area contributed by atoms with Crippen molar-refractivity contribution in [3.63, 3.8) is 0 Å². The molecule has 0 N–H and O–H groups in total. The lowest BCUT2D eigenvalue weighted by molar-refractivity contribution is 0.0729. The molecule has 8 nitrogen and oxygen atoms in total. The predicted molar refractivity (Wildman–Crippen MR) is 159 cm³/mol. The Kier molecular flexibility index (Phi) is 6.85. The van der Waals surface area contributed by atoms with Crippen molar-refractivity contribution in [3.8, 4) is 5.69 Å². The lowest BCUT2D eigenvalue weighted by atomic mass is 10.0. The third kappa shape index (κ3) is 4.77. The van der Waals surface area contributed by atoms with Crippen LogP contribution < -0.4 is 5.56 Å². The van der Waals surface area contributed by atoms with Gasteiger partial charge in [0, 0.05) is 39.7 Å². The number of Topliss-reactive ketones (excluding diaryl/α,β-unsaturated/α-hetero) is 1. The van der Waals surface area contributed by atoms with Crippen molar-refractivity contribution < 1.29 is 9.59 Å². The van der Waals surface area contributed by atoms with Crippen LogP contribution in [0.15, 0.2) is 88.3 Å². The molecule has 6 rings (SSSR count). The van der Waals surface area contributed by atoms with E-state index >= 15 is 0 Å². The van der Waals surface area contributed by atoms with Gasteiger partial charge in [0.25, 0.3) is 11.5 Å². The van der Waals surface area contributed by atoms with Crippen LogP contribution in [0.5, 0.6) is 0 Å². The van der Waals surface area contributed by atoms with Crippen molar-refractivity contribution in [1.29, 1.82) is 0 Å². The molecule has 0 bridgehead atoms. The molecule has 5 aromatic rings. The van der Waals surface area contributed by atoms with Crippen LogP contribution in [0.25, 0.3) is 16.2 Å². The van der Waals surface area contributed by atoms with Crippen molar-refractivity contribution in [1.82, 2.24) is 19.1 Å². The second-order valence-electron chi connectivity index (χ2n) is 9.99. The van der Waals surface area contributed by atoms with E-state index in [2.05, 4.69) is 20.8 Å². The Morgan fingerprint density at radius 1 is 1.02 bits per heavy atom. The maximum atomic E-state index is 14.1. The van der Waals surface area contributed by atoms with Crippen LogP contribution in [0.4, 0.5) is 5.69 Å². The van der Waals surface area contributed by atoms with Gasteiger partial charge in [-0.3, -0.25) is 19.0 Å². The molecule has 1 amide bonds. The number of benzene rings is 3. The Hall–Kier alpha value is -4.81.